The Morgan fingerprint density at radius 3 is 2.31 bits per heavy atom. The smallest absolute Gasteiger partial charge is 0.270 e. The van der Waals surface area contributed by atoms with Crippen molar-refractivity contribution >= 4 is 11.6 Å². The minimum absolute atomic E-state index is 0.0313. The second-order valence-electron chi connectivity index (χ2n) is 5.41. The van der Waals surface area contributed by atoms with Crippen molar-refractivity contribution in [3.8, 4) is 23.0 Å². The third-order valence-electron chi connectivity index (χ3n) is 3.72. The molecule has 2 aromatic carbocycles. The van der Waals surface area contributed by atoms with Gasteiger partial charge in [-0.25, -0.2) is 0 Å². The summed E-state index contributed by atoms with van der Waals surface area (Å²) in [4.78, 5) is 25.7. The molecule has 0 bridgehead atoms. The van der Waals surface area contributed by atoms with Crippen molar-refractivity contribution in [2.45, 2.75) is 0 Å². The highest BCUT2D eigenvalue weighted by molar-refractivity contribution is 5.92. The lowest BCUT2D eigenvalue weighted by molar-refractivity contribution is -0.384. The van der Waals surface area contributed by atoms with Crippen LogP contribution in [-0.2, 0) is 0 Å². The minimum Gasteiger partial charge on any atom is -0.366 e. The van der Waals surface area contributed by atoms with Crippen LogP contribution in [0.25, 0.3) is 11.1 Å². The van der Waals surface area contributed by atoms with Gasteiger partial charge in [-0.15, -0.1) is 0 Å². The van der Waals surface area contributed by atoms with Crippen molar-refractivity contribution in [3.05, 3.63) is 93.8 Å². The zero-order valence-corrected chi connectivity index (χ0v) is 13.5. The van der Waals surface area contributed by atoms with Crippen molar-refractivity contribution in [1.29, 1.82) is 0 Å². The summed E-state index contributed by atoms with van der Waals surface area (Å²) in [6.45, 7) is 0. The summed E-state index contributed by atoms with van der Waals surface area (Å²) < 4.78 is 0. The van der Waals surface area contributed by atoms with Crippen LogP contribution < -0.4 is 5.73 Å². The second-order valence-corrected chi connectivity index (χ2v) is 5.41. The number of benzene rings is 2. The molecular formula is C20H13N3O3. The van der Waals surface area contributed by atoms with Crippen molar-refractivity contribution in [2.24, 2.45) is 5.73 Å². The maximum Gasteiger partial charge on any atom is 0.270 e. The second kappa shape index (κ2) is 7.28. The predicted molar refractivity (Wildman–Crippen MR) is 97.3 cm³/mol. The van der Waals surface area contributed by atoms with Gasteiger partial charge in [0.25, 0.3) is 5.69 Å². The molecule has 2 N–H and O–H groups in total. The van der Waals surface area contributed by atoms with Crippen molar-refractivity contribution < 1.29 is 9.72 Å². The van der Waals surface area contributed by atoms with E-state index >= 15 is 0 Å². The first-order valence-corrected chi connectivity index (χ1v) is 7.65. The lowest BCUT2D eigenvalue weighted by Gasteiger charge is -2.04. The number of hydrogen-bond donors (Lipinski definition) is 1. The lowest BCUT2D eigenvalue weighted by Crippen LogP contribution is -2.10. The molecule has 1 heterocycles. The van der Waals surface area contributed by atoms with Crippen LogP contribution in [0.4, 0.5) is 5.69 Å². The minimum atomic E-state index is -0.511. The molecule has 0 atom stereocenters. The van der Waals surface area contributed by atoms with E-state index in [1.54, 1.807) is 42.7 Å². The van der Waals surface area contributed by atoms with E-state index in [2.05, 4.69) is 16.8 Å². The molecule has 126 valence electrons. The number of carbonyl (C=O) groups excluding carboxylic acids is 1. The maximum atomic E-state index is 11.1. The average Bonchev–Trinajstić information content (AvgIpc) is 2.67. The van der Waals surface area contributed by atoms with E-state index in [-0.39, 0.29) is 5.69 Å². The van der Waals surface area contributed by atoms with Crippen molar-refractivity contribution in [2.75, 3.05) is 0 Å². The Morgan fingerprint density at radius 2 is 1.69 bits per heavy atom. The Kier molecular flexibility index (Phi) is 4.72. The summed E-state index contributed by atoms with van der Waals surface area (Å²) in [5.41, 5.74) is 8.42. The summed E-state index contributed by atoms with van der Waals surface area (Å²) in [7, 11) is 0. The van der Waals surface area contributed by atoms with Crippen LogP contribution in [0.1, 0.15) is 21.5 Å². The standard InChI is InChI=1S/C20H13N3O3/c21-20(24)16-4-1-14(2-5-16)3-6-17-13-18(23(25)26)7-8-19(17)15-9-11-22-12-10-15/h1-2,4-5,7-13H,(H2,21,24). The molecule has 26 heavy (non-hydrogen) atoms. The monoisotopic (exact) mass is 343 g/mol. The van der Waals surface area contributed by atoms with E-state index < -0.39 is 10.8 Å². The summed E-state index contributed by atoms with van der Waals surface area (Å²) in [6, 6.07) is 14.7. The van der Waals surface area contributed by atoms with Gasteiger partial charge in [0.05, 0.1) is 4.92 Å². The molecule has 1 aromatic heterocycles. The Labute approximate surface area is 149 Å². The number of non-ortho nitro benzene ring substituents is 1. The van der Waals surface area contributed by atoms with Gasteiger partial charge in [0.15, 0.2) is 0 Å². The summed E-state index contributed by atoms with van der Waals surface area (Å²) in [5.74, 6) is 5.43. The molecule has 0 saturated heterocycles. The zero-order chi connectivity index (χ0) is 18.5. The number of nitrogens with two attached hydrogens (primary N) is 1. The van der Waals surface area contributed by atoms with E-state index in [0.717, 1.165) is 11.1 Å². The van der Waals surface area contributed by atoms with E-state index in [4.69, 9.17) is 5.73 Å². The zero-order valence-electron chi connectivity index (χ0n) is 13.5. The van der Waals surface area contributed by atoms with Gasteiger partial charge in [-0.1, -0.05) is 11.8 Å². The first-order valence-electron chi connectivity index (χ1n) is 7.65. The van der Waals surface area contributed by atoms with Crippen molar-refractivity contribution in [1.82, 2.24) is 4.98 Å². The third kappa shape index (κ3) is 3.74. The molecule has 6 nitrogen and oxygen atoms in total. The normalized spacial score (nSPS) is 9.85. The van der Waals surface area contributed by atoms with Gasteiger partial charge in [-0.2, -0.15) is 0 Å². The first kappa shape index (κ1) is 16.9. The summed E-state index contributed by atoms with van der Waals surface area (Å²) in [5, 5.41) is 11.1. The highest BCUT2D eigenvalue weighted by atomic mass is 16.6. The first-order chi connectivity index (χ1) is 12.5. The van der Waals surface area contributed by atoms with Crippen LogP contribution >= 0.6 is 0 Å². The highest BCUT2D eigenvalue weighted by Crippen LogP contribution is 2.26. The fourth-order valence-corrected chi connectivity index (χ4v) is 2.39. The lowest BCUT2D eigenvalue weighted by atomic mass is 10.00. The van der Waals surface area contributed by atoms with Gasteiger partial charge in [0.1, 0.15) is 0 Å². The van der Waals surface area contributed by atoms with Crippen molar-refractivity contribution in [3.63, 3.8) is 0 Å². The van der Waals surface area contributed by atoms with E-state index in [9.17, 15) is 14.9 Å². The van der Waals surface area contributed by atoms with Crippen LogP contribution in [-0.4, -0.2) is 15.8 Å². The SMILES string of the molecule is NC(=O)c1ccc(C#Cc2cc([N+](=O)[O-])ccc2-c2ccncc2)cc1. The molecule has 3 aromatic rings. The Hall–Kier alpha value is -3.98. The van der Waals surface area contributed by atoms with Gasteiger partial charge in [0, 0.05) is 41.2 Å². The topological polar surface area (TPSA) is 99.1 Å². The third-order valence-corrected chi connectivity index (χ3v) is 3.72. The number of nitro groups is 1. The average molecular weight is 343 g/mol. The van der Waals surface area contributed by atoms with Crippen LogP contribution in [0.3, 0.4) is 0 Å². The van der Waals surface area contributed by atoms with Gasteiger partial charge >= 0.3 is 0 Å². The van der Waals surface area contributed by atoms with Gasteiger partial charge in [-0.05, 0) is 53.6 Å². The molecule has 3 rings (SSSR count). The fraction of sp³-hybridized carbons (Fsp3) is 0. The molecule has 1 amide bonds. The molecule has 0 fully saturated rings. The Balaban J connectivity index is 2.04. The summed E-state index contributed by atoms with van der Waals surface area (Å²) in [6.07, 6.45) is 3.30. The van der Waals surface area contributed by atoms with Crippen LogP contribution in [0, 0.1) is 22.0 Å². The number of carbonyl (C=O) groups is 1. The number of amides is 1. The van der Waals surface area contributed by atoms with Crippen LogP contribution in [0.15, 0.2) is 67.0 Å². The highest BCUT2D eigenvalue weighted by Gasteiger charge is 2.11. The maximum absolute atomic E-state index is 11.1. The largest absolute Gasteiger partial charge is 0.366 e. The predicted octanol–water partition coefficient (Wildman–Crippen LogP) is 3.16. The number of hydrogen-bond acceptors (Lipinski definition) is 4. The fourth-order valence-electron chi connectivity index (χ4n) is 2.39. The molecular weight excluding hydrogens is 330 g/mol. The van der Waals surface area contributed by atoms with Gasteiger partial charge in [-0.3, -0.25) is 19.9 Å². The number of rotatable bonds is 3. The Bertz CT molecular complexity index is 1030. The van der Waals surface area contributed by atoms with E-state index in [1.165, 1.54) is 12.1 Å². The van der Waals surface area contributed by atoms with Crippen LogP contribution in [0.5, 0.6) is 0 Å². The molecule has 0 spiro atoms. The molecule has 0 aliphatic carbocycles. The number of primary amides is 1. The quantitative estimate of drug-likeness (QED) is 0.448. The number of nitrogens with zero attached hydrogens (tertiary/aromatic N) is 2. The molecule has 6 heteroatoms. The van der Waals surface area contributed by atoms with E-state index in [1.807, 2.05) is 12.1 Å². The Morgan fingerprint density at radius 1 is 1.00 bits per heavy atom. The molecule has 0 aliphatic rings. The molecule has 0 radical (unpaired) electrons. The number of aromatic nitrogens is 1. The molecule has 0 saturated carbocycles. The summed E-state index contributed by atoms with van der Waals surface area (Å²) >= 11 is 0. The number of nitro benzene ring substituents is 1. The molecule has 0 aliphatic heterocycles. The van der Waals surface area contributed by atoms with Gasteiger partial charge < -0.3 is 5.73 Å². The molecule has 0 unspecified atom stereocenters. The van der Waals surface area contributed by atoms with E-state index in [0.29, 0.717) is 16.7 Å². The number of pyridine rings is 1. The van der Waals surface area contributed by atoms with Gasteiger partial charge in [0.2, 0.25) is 5.91 Å². The van der Waals surface area contributed by atoms with Crippen LogP contribution in [0.2, 0.25) is 0 Å².